The van der Waals surface area contributed by atoms with E-state index >= 15 is 0 Å². The van der Waals surface area contributed by atoms with E-state index in [1.807, 2.05) is 29.9 Å². The molecule has 2 aliphatic heterocycles. The fraction of sp³-hybridized carbons (Fsp3) is 0.500. The molecule has 3 heterocycles. The number of hydroxylamine groups is 2. The molecule has 0 bridgehead atoms. The third kappa shape index (κ3) is 1.30. The lowest BCUT2D eigenvalue weighted by Crippen LogP contribution is -2.33. The summed E-state index contributed by atoms with van der Waals surface area (Å²) in [5.41, 5.74) is 0.974. The number of hydrogen-bond acceptors (Lipinski definition) is 4. The van der Waals surface area contributed by atoms with Crippen LogP contribution in [0.1, 0.15) is 11.7 Å². The monoisotopic (exact) mass is 249 g/mol. The summed E-state index contributed by atoms with van der Waals surface area (Å²) in [6, 6.07) is 3.65. The van der Waals surface area contributed by atoms with Gasteiger partial charge in [0.15, 0.2) is 6.10 Å². The Bertz CT molecular complexity index is 524. The van der Waals surface area contributed by atoms with Gasteiger partial charge in [-0.2, -0.15) is 5.06 Å². The zero-order valence-electron chi connectivity index (χ0n) is 10.5. The minimum absolute atomic E-state index is 0.166. The van der Waals surface area contributed by atoms with Crippen molar-refractivity contribution in [2.24, 2.45) is 13.0 Å². The molecule has 0 N–H and O–H groups in total. The summed E-state index contributed by atoms with van der Waals surface area (Å²) in [7, 11) is 5.19. The van der Waals surface area contributed by atoms with Crippen molar-refractivity contribution in [2.75, 3.05) is 14.1 Å². The van der Waals surface area contributed by atoms with Crippen LogP contribution in [0.2, 0.25) is 0 Å². The second kappa shape index (κ2) is 3.66. The maximum Gasteiger partial charge on any atom is 0.261 e. The van der Waals surface area contributed by atoms with E-state index in [9.17, 15) is 9.59 Å². The summed E-state index contributed by atoms with van der Waals surface area (Å²) in [6.45, 7) is 0. The van der Waals surface area contributed by atoms with Gasteiger partial charge in [-0.1, -0.05) is 0 Å². The topological polar surface area (TPSA) is 54.8 Å². The van der Waals surface area contributed by atoms with Crippen molar-refractivity contribution in [3.8, 4) is 0 Å². The van der Waals surface area contributed by atoms with E-state index in [1.165, 1.54) is 7.05 Å². The van der Waals surface area contributed by atoms with Crippen LogP contribution in [-0.4, -0.2) is 46.5 Å². The number of likely N-dealkylation sites (tertiary alicyclic amines) is 1. The third-order valence-electron chi connectivity index (χ3n) is 3.81. The molecule has 0 spiro atoms. The molecule has 18 heavy (non-hydrogen) atoms. The Morgan fingerprint density at radius 3 is 2.50 bits per heavy atom. The van der Waals surface area contributed by atoms with Crippen LogP contribution in [0.5, 0.6) is 0 Å². The maximum atomic E-state index is 12.1. The summed E-state index contributed by atoms with van der Waals surface area (Å²) in [4.78, 5) is 30.7. The molecule has 2 aliphatic rings. The Hall–Kier alpha value is -1.66. The van der Waals surface area contributed by atoms with Crippen LogP contribution in [0, 0.1) is 5.92 Å². The van der Waals surface area contributed by atoms with Crippen LogP contribution >= 0.6 is 0 Å². The van der Waals surface area contributed by atoms with Crippen LogP contribution in [0.25, 0.3) is 0 Å². The van der Waals surface area contributed by atoms with Crippen molar-refractivity contribution in [1.29, 1.82) is 0 Å². The largest absolute Gasteiger partial charge is 0.353 e. The number of rotatable bonds is 1. The first kappa shape index (κ1) is 11.4. The molecule has 96 valence electrons. The average Bonchev–Trinajstić information content (AvgIpc) is 2.94. The standard InChI is InChI=1S/C12H15N3O3/c1-13-6-4-5-7(13)9-8-10(18-15(9)3)12(17)14(2)11(8)16/h4-6,8-10H,1-3H3/t8-,9-,10+/m1/s1. The second-order valence-electron chi connectivity index (χ2n) is 4.82. The Labute approximate surface area is 105 Å². The van der Waals surface area contributed by atoms with Crippen molar-refractivity contribution in [2.45, 2.75) is 12.1 Å². The fourth-order valence-electron chi connectivity index (χ4n) is 2.84. The summed E-state index contributed by atoms with van der Waals surface area (Å²) in [5.74, 6) is -0.866. The van der Waals surface area contributed by atoms with Crippen molar-refractivity contribution in [3.63, 3.8) is 0 Å². The van der Waals surface area contributed by atoms with Gasteiger partial charge in [0, 0.05) is 33.0 Å². The van der Waals surface area contributed by atoms with Gasteiger partial charge in [0.1, 0.15) is 0 Å². The van der Waals surface area contributed by atoms with Gasteiger partial charge >= 0.3 is 0 Å². The molecule has 0 unspecified atom stereocenters. The van der Waals surface area contributed by atoms with Crippen molar-refractivity contribution in [3.05, 3.63) is 24.0 Å². The molecule has 3 atom stereocenters. The Morgan fingerprint density at radius 2 is 1.89 bits per heavy atom. The predicted octanol–water partition coefficient (Wildman–Crippen LogP) is -0.0734. The van der Waals surface area contributed by atoms with Gasteiger partial charge in [0.25, 0.3) is 5.91 Å². The second-order valence-corrected chi connectivity index (χ2v) is 4.82. The molecular formula is C12H15N3O3. The Balaban J connectivity index is 2.04. The normalized spacial score (nSPS) is 32.4. The molecule has 0 saturated carbocycles. The molecule has 1 aromatic rings. The molecule has 2 saturated heterocycles. The molecule has 3 rings (SSSR count). The first-order valence-electron chi connectivity index (χ1n) is 5.84. The lowest BCUT2D eigenvalue weighted by atomic mass is 9.94. The van der Waals surface area contributed by atoms with Crippen LogP contribution in [0.3, 0.4) is 0 Å². The number of aromatic nitrogens is 1. The predicted molar refractivity (Wildman–Crippen MR) is 62.1 cm³/mol. The SMILES string of the molecule is CN1C(=O)[C@H]2[C@H](ON(C)[C@@H]2c2cccn2C)C1=O. The number of hydrogen-bond donors (Lipinski definition) is 0. The van der Waals surface area contributed by atoms with Crippen molar-refractivity contribution < 1.29 is 14.4 Å². The summed E-state index contributed by atoms with van der Waals surface area (Å²) < 4.78 is 1.95. The van der Waals surface area contributed by atoms with E-state index in [0.29, 0.717) is 0 Å². The van der Waals surface area contributed by atoms with E-state index in [4.69, 9.17) is 4.84 Å². The summed E-state index contributed by atoms with van der Waals surface area (Å²) >= 11 is 0. The summed E-state index contributed by atoms with van der Waals surface area (Å²) in [5, 5.41) is 1.62. The quantitative estimate of drug-likeness (QED) is 0.654. The molecule has 6 nitrogen and oxygen atoms in total. The van der Waals surface area contributed by atoms with Crippen LogP contribution in [0.4, 0.5) is 0 Å². The molecular weight excluding hydrogens is 234 g/mol. The smallest absolute Gasteiger partial charge is 0.261 e. The molecule has 0 radical (unpaired) electrons. The van der Waals surface area contributed by atoms with E-state index in [1.54, 1.807) is 12.1 Å². The van der Waals surface area contributed by atoms with Gasteiger partial charge in [0.05, 0.1) is 12.0 Å². The van der Waals surface area contributed by atoms with Crippen LogP contribution in [0.15, 0.2) is 18.3 Å². The maximum absolute atomic E-state index is 12.1. The number of nitrogens with zero attached hydrogens (tertiary/aromatic N) is 3. The highest BCUT2D eigenvalue weighted by atomic mass is 16.7. The Morgan fingerprint density at radius 1 is 1.17 bits per heavy atom. The highest BCUT2D eigenvalue weighted by Crippen LogP contribution is 2.42. The van der Waals surface area contributed by atoms with Gasteiger partial charge in [0.2, 0.25) is 5.91 Å². The zero-order chi connectivity index (χ0) is 13.0. The minimum atomic E-state index is -0.674. The van der Waals surface area contributed by atoms with Gasteiger partial charge in [-0.3, -0.25) is 19.3 Å². The van der Waals surface area contributed by atoms with Gasteiger partial charge in [-0.15, -0.1) is 0 Å². The molecule has 6 heteroatoms. The molecule has 0 aliphatic carbocycles. The fourth-order valence-corrected chi connectivity index (χ4v) is 2.84. The average molecular weight is 249 g/mol. The number of fused-ring (bicyclic) bond motifs is 1. The number of aryl methyl sites for hydroxylation is 1. The zero-order valence-corrected chi connectivity index (χ0v) is 10.5. The lowest BCUT2D eigenvalue weighted by Gasteiger charge is -2.22. The van der Waals surface area contributed by atoms with Crippen molar-refractivity contribution in [1.82, 2.24) is 14.5 Å². The van der Waals surface area contributed by atoms with E-state index in [0.717, 1.165) is 10.6 Å². The van der Waals surface area contributed by atoms with Gasteiger partial charge in [-0.25, -0.2) is 0 Å². The number of amides is 2. The van der Waals surface area contributed by atoms with E-state index < -0.39 is 12.0 Å². The third-order valence-corrected chi connectivity index (χ3v) is 3.81. The van der Waals surface area contributed by atoms with E-state index in [-0.39, 0.29) is 17.9 Å². The van der Waals surface area contributed by atoms with Crippen molar-refractivity contribution >= 4 is 11.8 Å². The minimum Gasteiger partial charge on any atom is -0.353 e. The highest BCUT2D eigenvalue weighted by molar-refractivity contribution is 6.07. The van der Waals surface area contributed by atoms with Crippen LogP contribution in [-0.2, 0) is 21.5 Å². The van der Waals surface area contributed by atoms with Gasteiger partial charge < -0.3 is 4.57 Å². The first-order chi connectivity index (χ1) is 8.52. The number of carbonyl (C=O) groups is 2. The van der Waals surface area contributed by atoms with Gasteiger partial charge in [-0.05, 0) is 12.1 Å². The Kier molecular flexibility index (Phi) is 2.33. The number of carbonyl (C=O) groups excluding carboxylic acids is 2. The van der Waals surface area contributed by atoms with Crippen LogP contribution < -0.4 is 0 Å². The first-order valence-corrected chi connectivity index (χ1v) is 5.84. The lowest BCUT2D eigenvalue weighted by molar-refractivity contribution is -0.169. The molecule has 2 fully saturated rings. The molecule has 1 aromatic heterocycles. The van der Waals surface area contributed by atoms with E-state index in [2.05, 4.69) is 0 Å². The highest BCUT2D eigenvalue weighted by Gasteiger charge is 2.58. The number of imide groups is 1. The molecule has 0 aromatic carbocycles. The molecule has 2 amide bonds. The summed E-state index contributed by atoms with van der Waals surface area (Å²) in [6.07, 6.45) is 1.24. The number of likely N-dealkylation sites (N-methyl/N-ethyl adjacent to an activating group) is 1.